The minimum atomic E-state index is -0.458. The molecule has 8 atom stereocenters. The average molecular weight is 395 g/mol. The Hall–Kier alpha value is -1.15. The summed E-state index contributed by atoms with van der Waals surface area (Å²) in [5.41, 5.74) is 1.03. The van der Waals surface area contributed by atoms with Gasteiger partial charge in [-0.15, -0.1) is 0 Å². The van der Waals surface area contributed by atoms with Crippen molar-refractivity contribution >= 4 is 5.78 Å². The van der Waals surface area contributed by atoms with Crippen LogP contribution in [0.25, 0.3) is 0 Å². The first-order valence-corrected chi connectivity index (χ1v) is 12.1. The molecule has 0 aliphatic heterocycles. The van der Waals surface area contributed by atoms with E-state index in [1.54, 1.807) is 0 Å². The van der Waals surface area contributed by atoms with Crippen molar-refractivity contribution in [3.05, 3.63) is 35.9 Å². The smallest absolute Gasteiger partial charge is 0.166 e. The van der Waals surface area contributed by atoms with E-state index < -0.39 is 5.60 Å². The highest BCUT2D eigenvalue weighted by Crippen LogP contribution is 2.68. The Morgan fingerprint density at radius 1 is 0.862 bits per heavy atom. The fraction of sp³-hybridized carbons (Fsp3) is 0.741. The van der Waals surface area contributed by atoms with E-state index in [0.29, 0.717) is 23.0 Å². The van der Waals surface area contributed by atoms with Crippen molar-refractivity contribution in [2.75, 3.05) is 0 Å². The number of ketones is 1. The van der Waals surface area contributed by atoms with Gasteiger partial charge in [-0.25, -0.2) is 0 Å². The number of carbonyl (C=O) groups is 1. The average Bonchev–Trinajstić information content (AvgIpc) is 3.06. The molecule has 1 aromatic rings. The summed E-state index contributed by atoms with van der Waals surface area (Å²) in [7, 11) is 0. The highest BCUT2D eigenvalue weighted by atomic mass is 16.3. The number of hydrogen-bond acceptors (Lipinski definition) is 2. The molecule has 2 heteroatoms. The molecular formula is C27H38O2. The monoisotopic (exact) mass is 394 g/mol. The number of carbonyl (C=O) groups excluding carboxylic acids is 1. The van der Waals surface area contributed by atoms with Crippen LogP contribution in [0.2, 0.25) is 0 Å². The van der Waals surface area contributed by atoms with Gasteiger partial charge in [-0.3, -0.25) is 4.79 Å². The Labute approximate surface area is 176 Å². The normalized spacial score (nSPS) is 49.0. The highest BCUT2D eigenvalue weighted by molar-refractivity contribution is 5.98. The molecule has 158 valence electrons. The van der Waals surface area contributed by atoms with Gasteiger partial charge in [0, 0.05) is 11.5 Å². The molecule has 4 saturated carbocycles. The molecule has 0 heterocycles. The third kappa shape index (κ3) is 2.96. The molecule has 2 nitrogen and oxygen atoms in total. The lowest BCUT2D eigenvalue weighted by atomic mass is 9.44. The van der Waals surface area contributed by atoms with Gasteiger partial charge >= 0.3 is 0 Å². The van der Waals surface area contributed by atoms with E-state index in [9.17, 15) is 9.90 Å². The SMILES string of the molecule is C[C@@]1(O)CC[C@@]2(C)[C@H](CC[C@@H]3[C@@H]2CC[C@]2(C)[C@@H](C(=O)c4ccccc4)CC[C@@H]32)C1. The van der Waals surface area contributed by atoms with Crippen LogP contribution < -0.4 is 0 Å². The maximum absolute atomic E-state index is 13.4. The second-order valence-electron chi connectivity index (χ2n) is 11.8. The molecule has 4 aliphatic carbocycles. The molecule has 29 heavy (non-hydrogen) atoms. The van der Waals surface area contributed by atoms with E-state index in [1.807, 2.05) is 37.3 Å². The van der Waals surface area contributed by atoms with Crippen molar-refractivity contribution in [3.63, 3.8) is 0 Å². The van der Waals surface area contributed by atoms with E-state index >= 15 is 0 Å². The first kappa shape index (κ1) is 19.8. The second-order valence-corrected chi connectivity index (χ2v) is 11.8. The fourth-order valence-electron chi connectivity index (χ4n) is 8.67. The third-order valence-electron chi connectivity index (χ3n) is 10.3. The van der Waals surface area contributed by atoms with Crippen LogP contribution in [0.5, 0.6) is 0 Å². The van der Waals surface area contributed by atoms with Gasteiger partial charge < -0.3 is 5.11 Å². The summed E-state index contributed by atoms with van der Waals surface area (Å²) < 4.78 is 0. The molecule has 1 N–H and O–H groups in total. The Morgan fingerprint density at radius 3 is 2.34 bits per heavy atom. The summed E-state index contributed by atoms with van der Waals surface area (Å²) in [6.45, 7) is 7.05. The van der Waals surface area contributed by atoms with Crippen LogP contribution >= 0.6 is 0 Å². The number of benzene rings is 1. The molecule has 0 aromatic heterocycles. The topological polar surface area (TPSA) is 37.3 Å². The first-order chi connectivity index (χ1) is 13.7. The lowest BCUT2D eigenvalue weighted by molar-refractivity contribution is -0.144. The molecule has 5 rings (SSSR count). The third-order valence-corrected chi connectivity index (χ3v) is 10.3. The van der Waals surface area contributed by atoms with E-state index in [0.717, 1.165) is 36.7 Å². The number of rotatable bonds is 2. The Morgan fingerprint density at radius 2 is 1.59 bits per heavy atom. The zero-order chi connectivity index (χ0) is 20.4. The largest absolute Gasteiger partial charge is 0.390 e. The maximum atomic E-state index is 13.4. The molecule has 0 amide bonds. The van der Waals surface area contributed by atoms with Crippen molar-refractivity contribution < 1.29 is 9.90 Å². The molecule has 4 aliphatic rings. The summed E-state index contributed by atoms with van der Waals surface area (Å²) in [4.78, 5) is 13.4. The highest BCUT2D eigenvalue weighted by Gasteiger charge is 2.61. The second kappa shape index (κ2) is 6.67. The van der Waals surface area contributed by atoms with Crippen LogP contribution in [-0.2, 0) is 0 Å². The van der Waals surface area contributed by atoms with Crippen LogP contribution in [0.15, 0.2) is 30.3 Å². The molecular weight excluding hydrogens is 356 g/mol. The Balaban J connectivity index is 1.40. The zero-order valence-corrected chi connectivity index (χ0v) is 18.5. The molecule has 1 aromatic carbocycles. The lowest BCUT2D eigenvalue weighted by Gasteiger charge is -2.61. The van der Waals surface area contributed by atoms with Gasteiger partial charge in [0.2, 0.25) is 0 Å². The number of Topliss-reactive ketones (excluding diaryl/α,β-unsaturated/α-hetero) is 1. The molecule has 0 spiro atoms. The minimum absolute atomic E-state index is 0.178. The van der Waals surface area contributed by atoms with Gasteiger partial charge in [-0.2, -0.15) is 0 Å². The van der Waals surface area contributed by atoms with Crippen molar-refractivity contribution in [1.29, 1.82) is 0 Å². The molecule has 0 radical (unpaired) electrons. The Kier molecular flexibility index (Phi) is 4.55. The van der Waals surface area contributed by atoms with Crippen LogP contribution in [0.1, 0.15) is 88.9 Å². The summed E-state index contributed by atoms with van der Waals surface area (Å²) in [5.74, 6) is 3.56. The van der Waals surface area contributed by atoms with E-state index in [4.69, 9.17) is 0 Å². The zero-order valence-electron chi connectivity index (χ0n) is 18.5. The van der Waals surface area contributed by atoms with Crippen molar-refractivity contribution in [2.45, 2.75) is 84.2 Å². The summed E-state index contributed by atoms with van der Waals surface area (Å²) in [6, 6.07) is 10.0. The fourth-order valence-corrected chi connectivity index (χ4v) is 8.67. The summed E-state index contributed by atoms with van der Waals surface area (Å²) in [5, 5.41) is 10.7. The Bertz CT molecular complexity index is 783. The predicted octanol–water partition coefficient (Wildman–Crippen LogP) is 6.28. The van der Waals surface area contributed by atoms with Crippen LogP contribution in [0, 0.1) is 40.4 Å². The van der Waals surface area contributed by atoms with Crippen LogP contribution in [0.4, 0.5) is 0 Å². The predicted molar refractivity (Wildman–Crippen MR) is 117 cm³/mol. The number of hydrogen-bond donors (Lipinski definition) is 1. The molecule has 0 bridgehead atoms. The van der Waals surface area contributed by atoms with Gasteiger partial charge in [-0.1, -0.05) is 44.2 Å². The van der Waals surface area contributed by atoms with Crippen molar-refractivity contribution in [3.8, 4) is 0 Å². The van der Waals surface area contributed by atoms with Gasteiger partial charge in [0.15, 0.2) is 5.78 Å². The van der Waals surface area contributed by atoms with E-state index in [-0.39, 0.29) is 11.3 Å². The lowest BCUT2D eigenvalue weighted by Crippen LogP contribution is -2.55. The van der Waals surface area contributed by atoms with Gasteiger partial charge in [0.1, 0.15) is 0 Å². The first-order valence-electron chi connectivity index (χ1n) is 12.1. The molecule has 4 fully saturated rings. The van der Waals surface area contributed by atoms with E-state index in [2.05, 4.69) is 13.8 Å². The van der Waals surface area contributed by atoms with Crippen LogP contribution in [-0.4, -0.2) is 16.5 Å². The summed E-state index contributed by atoms with van der Waals surface area (Å²) >= 11 is 0. The summed E-state index contributed by atoms with van der Waals surface area (Å²) in [6.07, 6.45) is 10.5. The van der Waals surface area contributed by atoms with E-state index in [1.165, 1.54) is 38.5 Å². The van der Waals surface area contributed by atoms with Gasteiger partial charge in [0.05, 0.1) is 5.60 Å². The quantitative estimate of drug-likeness (QED) is 0.599. The van der Waals surface area contributed by atoms with Crippen LogP contribution in [0.3, 0.4) is 0 Å². The maximum Gasteiger partial charge on any atom is 0.166 e. The van der Waals surface area contributed by atoms with Crippen molar-refractivity contribution in [2.24, 2.45) is 40.4 Å². The number of fused-ring (bicyclic) bond motifs is 5. The number of aliphatic hydroxyl groups is 1. The van der Waals surface area contributed by atoms with Crippen molar-refractivity contribution in [1.82, 2.24) is 0 Å². The standard InChI is InChI=1S/C27H38O2/c1-25(29)15-16-26(2)19(17-25)9-10-20-21-11-12-23(27(21,3)14-13-22(20)26)24(28)18-7-5-4-6-8-18/h4-8,19-23,29H,9-17H2,1-3H3/t19-,20+,21+,22+,23-,25-,26+,27+/m1/s1. The molecule has 0 unspecified atom stereocenters. The molecule has 0 saturated heterocycles. The minimum Gasteiger partial charge on any atom is -0.390 e. The van der Waals surface area contributed by atoms with Gasteiger partial charge in [0.25, 0.3) is 0 Å². The van der Waals surface area contributed by atoms with Gasteiger partial charge in [-0.05, 0) is 99.2 Å².